The van der Waals surface area contributed by atoms with Crippen molar-refractivity contribution in [3.8, 4) is 11.8 Å². The van der Waals surface area contributed by atoms with Crippen LogP contribution in [0.3, 0.4) is 0 Å². The van der Waals surface area contributed by atoms with Crippen molar-refractivity contribution in [3.05, 3.63) is 35.4 Å². The van der Waals surface area contributed by atoms with Gasteiger partial charge in [-0.25, -0.2) is 0 Å². The standard InChI is InChI=1S/C16H22N2O2/c1-18(12-5-2-6-13-19)16(20)15-10-4-3-8-14(15)9-7-11-17/h3-4,8,10,19H,2,5-6,11-13,17H2,1H3. The van der Waals surface area contributed by atoms with E-state index in [0.29, 0.717) is 17.7 Å². The summed E-state index contributed by atoms with van der Waals surface area (Å²) >= 11 is 0. The Morgan fingerprint density at radius 1 is 1.30 bits per heavy atom. The number of carbonyl (C=O) groups is 1. The molecular weight excluding hydrogens is 252 g/mol. The van der Waals surface area contributed by atoms with E-state index in [1.165, 1.54) is 0 Å². The van der Waals surface area contributed by atoms with Crippen LogP contribution in [0.2, 0.25) is 0 Å². The van der Waals surface area contributed by atoms with Crippen LogP contribution < -0.4 is 5.73 Å². The molecule has 4 heteroatoms. The number of nitrogens with two attached hydrogens (primary N) is 1. The van der Waals surface area contributed by atoms with Crippen molar-refractivity contribution >= 4 is 5.91 Å². The number of benzene rings is 1. The summed E-state index contributed by atoms with van der Waals surface area (Å²) in [6.07, 6.45) is 2.59. The predicted molar refractivity (Wildman–Crippen MR) is 80.3 cm³/mol. The maximum atomic E-state index is 12.4. The number of aliphatic hydroxyl groups is 1. The summed E-state index contributed by atoms with van der Waals surface area (Å²) in [5, 5.41) is 8.73. The second-order valence-corrected chi connectivity index (χ2v) is 4.56. The molecule has 0 aliphatic rings. The second kappa shape index (κ2) is 9.13. The summed E-state index contributed by atoms with van der Waals surface area (Å²) in [5.41, 5.74) is 6.69. The SMILES string of the molecule is CN(CCCCCO)C(=O)c1ccccc1C#CCN. The van der Waals surface area contributed by atoms with Gasteiger partial charge in [-0.15, -0.1) is 0 Å². The number of unbranched alkanes of at least 4 members (excludes halogenated alkanes) is 2. The number of nitrogens with zero attached hydrogens (tertiary/aromatic N) is 1. The zero-order chi connectivity index (χ0) is 14.8. The van der Waals surface area contributed by atoms with E-state index in [-0.39, 0.29) is 19.1 Å². The lowest BCUT2D eigenvalue weighted by atomic mass is 10.1. The zero-order valence-corrected chi connectivity index (χ0v) is 11.9. The maximum Gasteiger partial charge on any atom is 0.254 e. The van der Waals surface area contributed by atoms with Crippen LogP contribution in [0.5, 0.6) is 0 Å². The molecule has 20 heavy (non-hydrogen) atoms. The Hall–Kier alpha value is -1.83. The molecule has 0 heterocycles. The molecular formula is C16H22N2O2. The second-order valence-electron chi connectivity index (χ2n) is 4.56. The van der Waals surface area contributed by atoms with Crippen LogP contribution in [0.15, 0.2) is 24.3 Å². The Labute approximate surface area is 120 Å². The monoisotopic (exact) mass is 274 g/mol. The fraction of sp³-hybridized carbons (Fsp3) is 0.438. The highest BCUT2D eigenvalue weighted by Crippen LogP contribution is 2.11. The molecule has 1 rings (SSSR count). The molecule has 3 N–H and O–H groups in total. The van der Waals surface area contributed by atoms with Gasteiger partial charge >= 0.3 is 0 Å². The van der Waals surface area contributed by atoms with Gasteiger partial charge in [0, 0.05) is 25.8 Å². The third kappa shape index (κ3) is 5.04. The molecule has 0 saturated carbocycles. The average molecular weight is 274 g/mol. The summed E-state index contributed by atoms with van der Waals surface area (Å²) in [6.45, 7) is 1.16. The van der Waals surface area contributed by atoms with E-state index in [0.717, 1.165) is 19.3 Å². The zero-order valence-electron chi connectivity index (χ0n) is 11.9. The van der Waals surface area contributed by atoms with E-state index in [2.05, 4.69) is 11.8 Å². The number of aliphatic hydroxyl groups excluding tert-OH is 1. The Morgan fingerprint density at radius 2 is 2.05 bits per heavy atom. The lowest BCUT2D eigenvalue weighted by Gasteiger charge is -2.17. The first-order chi connectivity index (χ1) is 9.70. The van der Waals surface area contributed by atoms with E-state index in [1.807, 2.05) is 18.2 Å². The van der Waals surface area contributed by atoms with Crippen LogP contribution in [0.4, 0.5) is 0 Å². The van der Waals surface area contributed by atoms with Crippen molar-refractivity contribution in [3.63, 3.8) is 0 Å². The molecule has 0 aliphatic carbocycles. The first kappa shape index (κ1) is 16.2. The summed E-state index contributed by atoms with van der Waals surface area (Å²) in [7, 11) is 1.79. The quantitative estimate of drug-likeness (QED) is 0.605. The van der Waals surface area contributed by atoms with Gasteiger partial charge in [0.05, 0.1) is 12.1 Å². The van der Waals surface area contributed by atoms with Crippen LogP contribution in [-0.4, -0.2) is 42.7 Å². The molecule has 108 valence electrons. The van der Waals surface area contributed by atoms with E-state index in [4.69, 9.17) is 10.8 Å². The lowest BCUT2D eigenvalue weighted by Crippen LogP contribution is -2.28. The van der Waals surface area contributed by atoms with Crippen molar-refractivity contribution < 1.29 is 9.90 Å². The molecule has 0 aliphatic heterocycles. The fourth-order valence-corrected chi connectivity index (χ4v) is 1.87. The first-order valence-corrected chi connectivity index (χ1v) is 6.85. The van der Waals surface area contributed by atoms with Gasteiger partial charge in [-0.1, -0.05) is 24.0 Å². The Kier molecular flexibility index (Phi) is 7.41. The van der Waals surface area contributed by atoms with Crippen molar-refractivity contribution in [2.24, 2.45) is 5.73 Å². The number of carbonyl (C=O) groups excluding carboxylic acids is 1. The van der Waals surface area contributed by atoms with E-state index in [1.54, 1.807) is 18.0 Å². The molecule has 0 unspecified atom stereocenters. The minimum Gasteiger partial charge on any atom is -0.396 e. The van der Waals surface area contributed by atoms with Crippen LogP contribution in [0.25, 0.3) is 0 Å². The highest BCUT2D eigenvalue weighted by atomic mass is 16.2. The average Bonchev–Trinajstić information content (AvgIpc) is 2.49. The van der Waals surface area contributed by atoms with Gasteiger partial charge in [-0.3, -0.25) is 4.79 Å². The van der Waals surface area contributed by atoms with Crippen LogP contribution in [0.1, 0.15) is 35.2 Å². The van der Waals surface area contributed by atoms with Crippen LogP contribution in [0, 0.1) is 11.8 Å². The Bertz CT molecular complexity index is 489. The molecule has 0 fully saturated rings. The Balaban J connectivity index is 2.71. The van der Waals surface area contributed by atoms with Crippen LogP contribution >= 0.6 is 0 Å². The van der Waals surface area contributed by atoms with Gasteiger partial charge in [0.1, 0.15) is 0 Å². The molecule has 0 radical (unpaired) electrons. The van der Waals surface area contributed by atoms with Crippen molar-refractivity contribution in [2.75, 3.05) is 26.7 Å². The molecule has 4 nitrogen and oxygen atoms in total. The number of hydrogen-bond acceptors (Lipinski definition) is 3. The van der Waals surface area contributed by atoms with Gasteiger partial charge in [0.2, 0.25) is 0 Å². The van der Waals surface area contributed by atoms with Gasteiger partial charge in [-0.05, 0) is 31.4 Å². The van der Waals surface area contributed by atoms with Crippen molar-refractivity contribution in [1.82, 2.24) is 4.90 Å². The highest BCUT2D eigenvalue weighted by Gasteiger charge is 2.14. The normalized spacial score (nSPS) is 9.75. The smallest absolute Gasteiger partial charge is 0.254 e. The van der Waals surface area contributed by atoms with Gasteiger partial charge < -0.3 is 15.7 Å². The molecule has 0 bridgehead atoms. The predicted octanol–water partition coefficient (Wildman–Crippen LogP) is 1.23. The number of rotatable bonds is 6. The molecule has 1 aromatic rings. The summed E-state index contributed by atoms with van der Waals surface area (Å²) in [5.74, 6) is 5.68. The third-order valence-electron chi connectivity index (χ3n) is 2.98. The molecule has 1 amide bonds. The van der Waals surface area contributed by atoms with E-state index >= 15 is 0 Å². The fourth-order valence-electron chi connectivity index (χ4n) is 1.87. The summed E-state index contributed by atoms with van der Waals surface area (Å²) in [4.78, 5) is 14.1. The van der Waals surface area contributed by atoms with Crippen LogP contribution in [-0.2, 0) is 0 Å². The minimum absolute atomic E-state index is 0.0316. The molecule has 0 spiro atoms. The Morgan fingerprint density at radius 3 is 2.75 bits per heavy atom. The molecule has 0 aromatic heterocycles. The van der Waals surface area contributed by atoms with E-state index in [9.17, 15) is 4.79 Å². The topological polar surface area (TPSA) is 66.6 Å². The molecule has 0 saturated heterocycles. The van der Waals surface area contributed by atoms with E-state index < -0.39 is 0 Å². The third-order valence-corrected chi connectivity index (χ3v) is 2.98. The molecule has 0 atom stereocenters. The van der Waals surface area contributed by atoms with Gasteiger partial charge in [0.15, 0.2) is 0 Å². The lowest BCUT2D eigenvalue weighted by molar-refractivity contribution is 0.0792. The summed E-state index contributed by atoms with van der Waals surface area (Å²) < 4.78 is 0. The van der Waals surface area contributed by atoms with Gasteiger partial charge in [0.25, 0.3) is 5.91 Å². The van der Waals surface area contributed by atoms with Crippen molar-refractivity contribution in [1.29, 1.82) is 0 Å². The number of hydrogen-bond donors (Lipinski definition) is 2. The maximum absolute atomic E-state index is 12.4. The highest BCUT2D eigenvalue weighted by molar-refractivity contribution is 5.96. The van der Waals surface area contributed by atoms with Gasteiger partial charge in [-0.2, -0.15) is 0 Å². The largest absolute Gasteiger partial charge is 0.396 e. The minimum atomic E-state index is -0.0316. The van der Waals surface area contributed by atoms with Crippen molar-refractivity contribution in [2.45, 2.75) is 19.3 Å². The molecule has 1 aromatic carbocycles. The first-order valence-electron chi connectivity index (χ1n) is 6.85. The summed E-state index contributed by atoms with van der Waals surface area (Å²) in [6, 6.07) is 7.31. The number of amides is 1.